The van der Waals surface area contributed by atoms with E-state index >= 15 is 0 Å². The zero-order valence-corrected chi connectivity index (χ0v) is 10.1. The molecular weight excluding hydrogens is 231 g/mol. The Morgan fingerprint density at radius 1 is 1.44 bits per heavy atom. The Labute approximate surface area is 94.9 Å². The van der Waals surface area contributed by atoms with Crippen molar-refractivity contribution in [2.75, 3.05) is 17.1 Å². The Morgan fingerprint density at radius 2 is 2.06 bits per heavy atom. The van der Waals surface area contributed by atoms with Crippen LogP contribution in [0.2, 0.25) is 0 Å². The molecule has 1 aromatic rings. The second-order valence-electron chi connectivity index (χ2n) is 3.36. The number of anilines is 1. The molecule has 4 nitrogen and oxygen atoms in total. The number of hydrogen-bond donors (Lipinski definition) is 1. The normalized spacial score (nSPS) is 11.5. The molecule has 1 aromatic carbocycles. The molecule has 0 aliphatic rings. The van der Waals surface area contributed by atoms with Gasteiger partial charge in [-0.15, -0.1) is 0 Å². The molecule has 16 heavy (non-hydrogen) atoms. The Kier molecular flexibility index (Phi) is 3.88. The molecule has 6 heteroatoms. The molecule has 0 fully saturated rings. The maximum absolute atomic E-state index is 13.5. The van der Waals surface area contributed by atoms with Crippen LogP contribution in [0.5, 0.6) is 0 Å². The van der Waals surface area contributed by atoms with Crippen molar-refractivity contribution >= 4 is 15.7 Å². The van der Waals surface area contributed by atoms with E-state index in [1.807, 2.05) is 0 Å². The fourth-order valence-electron chi connectivity index (χ4n) is 1.27. The zero-order chi connectivity index (χ0) is 12.3. The van der Waals surface area contributed by atoms with Crippen molar-refractivity contribution in [3.63, 3.8) is 0 Å². The summed E-state index contributed by atoms with van der Waals surface area (Å²) in [6.07, 6.45) is 0. The molecule has 0 bridgehead atoms. The van der Waals surface area contributed by atoms with Crippen molar-refractivity contribution in [3.8, 4) is 0 Å². The first-order valence-corrected chi connectivity index (χ1v) is 6.48. The van der Waals surface area contributed by atoms with E-state index in [0.717, 1.165) is 4.31 Å². The topological polar surface area (TPSA) is 63.4 Å². The highest BCUT2D eigenvalue weighted by molar-refractivity contribution is 7.92. The van der Waals surface area contributed by atoms with E-state index in [0.29, 0.717) is 5.56 Å². The number of benzene rings is 1. The summed E-state index contributed by atoms with van der Waals surface area (Å²) in [5.74, 6) is -0.646. The largest absolute Gasteiger partial charge is 0.326 e. The number of sulfonamides is 1. The summed E-state index contributed by atoms with van der Waals surface area (Å²) in [6, 6.07) is 4.20. The predicted octanol–water partition coefficient (Wildman–Crippen LogP) is 1.07. The quantitative estimate of drug-likeness (QED) is 0.864. The first-order valence-electron chi connectivity index (χ1n) is 4.87. The summed E-state index contributed by atoms with van der Waals surface area (Å²) < 4.78 is 37.6. The highest BCUT2D eigenvalue weighted by Gasteiger charge is 2.19. The van der Waals surface area contributed by atoms with Crippen molar-refractivity contribution < 1.29 is 12.8 Å². The van der Waals surface area contributed by atoms with Crippen LogP contribution in [-0.2, 0) is 16.6 Å². The van der Waals surface area contributed by atoms with Crippen molar-refractivity contribution in [2.24, 2.45) is 5.73 Å². The molecule has 0 spiro atoms. The minimum atomic E-state index is -3.45. The zero-order valence-electron chi connectivity index (χ0n) is 9.27. The smallest absolute Gasteiger partial charge is 0.234 e. The molecule has 0 aromatic heterocycles. The molecule has 0 aliphatic heterocycles. The lowest BCUT2D eigenvalue weighted by atomic mass is 10.2. The molecule has 0 radical (unpaired) electrons. The van der Waals surface area contributed by atoms with Crippen molar-refractivity contribution in [1.29, 1.82) is 0 Å². The minimum absolute atomic E-state index is 0.0322. The second-order valence-corrected chi connectivity index (χ2v) is 5.65. The average molecular weight is 246 g/mol. The second kappa shape index (κ2) is 4.80. The fourth-order valence-corrected chi connectivity index (χ4v) is 2.10. The summed E-state index contributed by atoms with van der Waals surface area (Å²) in [4.78, 5) is 0. The summed E-state index contributed by atoms with van der Waals surface area (Å²) in [5.41, 5.74) is 6.14. The summed E-state index contributed by atoms with van der Waals surface area (Å²) >= 11 is 0. The standard InChI is InChI=1S/C10H15FN2O2S/c1-3-16(14,15)13(2)10-6-8(7-12)4-5-9(10)11/h4-6H,3,7,12H2,1-2H3. The van der Waals surface area contributed by atoms with E-state index in [2.05, 4.69) is 0 Å². The Bertz CT molecular complexity index is 474. The molecule has 1 rings (SSSR count). The van der Waals surface area contributed by atoms with E-state index in [4.69, 9.17) is 5.73 Å². The van der Waals surface area contributed by atoms with Gasteiger partial charge in [0.25, 0.3) is 0 Å². The summed E-state index contributed by atoms with van der Waals surface area (Å²) in [6.45, 7) is 1.75. The minimum Gasteiger partial charge on any atom is -0.326 e. The van der Waals surface area contributed by atoms with Crippen molar-refractivity contribution in [1.82, 2.24) is 0 Å². The van der Waals surface area contributed by atoms with Crippen LogP contribution in [0.15, 0.2) is 18.2 Å². The van der Waals surface area contributed by atoms with Crippen LogP contribution >= 0.6 is 0 Å². The number of hydrogen-bond acceptors (Lipinski definition) is 3. The lowest BCUT2D eigenvalue weighted by Crippen LogP contribution is -2.28. The van der Waals surface area contributed by atoms with Gasteiger partial charge in [0.05, 0.1) is 11.4 Å². The molecule has 0 atom stereocenters. The van der Waals surface area contributed by atoms with E-state index in [-0.39, 0.29) is 18.0 Å². The van der Waals surface area contributed by atoms with Gasteiger partial charge in [0.1, 0.15) is 5.82 Å². The summed E-state index contributed by atoms with van der Waals surface area (Å²) in [5, 5.41) is 0. The number of rotatable bonds is 4. The van der Waals surface area contributed by atoms with E-state index in [1.165, 1.54) is 32.2 Å². The van der Waals surface area contributed by atoms with Crippen LogP contribution in [0, 0.1) is 5.82 Å². The maximum atomic E-state index is 13.5. The number of nitrogens with two attached hydrogens (primary N) is 1. The van der Waals surface area contributed by atoms with Gasteiger partial charge in [-0.3, -0.25) is 4.31 Å². The van der Waals surface area contributed by atoms with Gasteiger partial charge in [0, 0.05) is 13.6 Å². The van der Waals surface area contributed by atoms with Gasteiger partial charge < -0.3 is 5.73 Å². The van der Waals surface area contributed by atoms with Crippen molar-refractivity contribution in [3.05, 3.63) is 29.6 Å². The van der Waals surface area contributed by atoms with Gasteiger partial charge in [0.15, 0.2) is 0 Å². The molecule has 0 amide bonds. The average Bonchev–Trinajstić information content (AvgIpc) is 2.29. The van der Waals surface area contributed by atoms with Gasteiger partial charge in [-0.25, -0.2) is 12.8 Å². The van der Waals surface area contributed by atoms with Crippen molar-refractivity contribution in [2.45, 2.75) is 13.5 Å². The Morgan fingerprint density at radius 3 is 2.56 bits per heavy atom. The van der Waals surface area contributed by atoms with Gasteiger partial charge in [0.2, 0.25) is 10.0 Å². The van der Waals surface area contributed by atoms with Gasteiger partial charge in [-0.1, -0.05) is 6.07 Å². The van der Waals surface area contributed by atoms with Crippen LogP contribution in [0.3, 0.4) is 0 Å². The third kappa shape index (κ3) is 2.51. The monoisotopic (exact) mass is 246 g/mol. The molecule has 0 saturated carbocycles. The van der Waals surface area contributed by atoms with E-state index in [1.54, 1.807) is 0 Å². The fraction of sp³-hybridized carbons (Fsp3) is 0.400. The van der Waals surface area contributed by atoms with Gasteiger partial charge >= 0.3 is 0 Å². The van der Waals surface area contributed by atoms with Crippen LogP contribution in [0.1, 0.15) is 12.5 Å². The molecule has 0 saturated heterocycles. The van der Waals surface area contributed by atoms with Crippen LogP contribution in [0.25, 0.3) is 0 Å². The lowest BCUT2D eigenvalue weighted by molar-refractivity contribution is 0.590. The van der Waals surface area contributed by atoms with Gasteiger partial charge in [-0.2, -0.15) is 0 Å². The molecule has 2 N–H and O–H groups in total. The summed E-state index contributed by atoms with van der Waals surface area (Å²) in [7, 11) is -2.12. The highest BCUT2D eigenvalue weighted by atomic mass is 32.2. The van der Waals surface area contributed by atoms with Crippen LogP contribution in [0.4, 0.5) is 10.1 Å². The number of halogens is 1. The highest BCUT2D eigenvalue weighted by Crippen LogP contribution is 2.22. The van der Waals surface area contributed by atoms with Crippen LogP contribution in [-0.4, -0.2) is 21.2 Å². The molecule has 0 heterocycles. The molecule has 0 aliphatic carbocycles. The van der Waals surface area contributed by atoms with Crippen LogP contribution < -0.4 is 10.0 Å². The van der Waals surface area contributed by atoms with E-state index < -0.39 is 15.8 Å². The Balaban J connectivity index is 3.22. The third-order valence-electron chi connectivity index (χ3n) is 2.37. The molecular formula is C10H15FN2O2S. The predicted molar refractivity (Wildman–Crippen MR) is 62.2 cm³/mol. The van der Waals surface area contributed by atoms with Gasteiger partial charge in [-0.05, 0) is 24.6 Å². The Hall–Kier alpha value is -1.14. The lowest BCUT2D eigenvalue weighted by Gasteiger charge is -2.19. The first kappa shape index (κ1) is 12.9. The molecule has 90 valence electrons. The third-order valence-corrected chi connectivity index (χ3v) is 4.13. The maximum Gasteiger partial charge on any atom is 0.234 e. The first-order chi connectivity index (χ1) is 7.42. The number of nitrogens with zero attached hydrogens (tertiary/aromatic N) is 1. The SMILES string of the molecule is CCS(=O)(=O)N(C)c1cc(CN)ccc1F. The van der Waals surface area contributed by atoms with E-state index in [9.17, 15) is 12.8 Å². The molecule has 0 unspecified atom stereocenters.